The summed E-state index contributed by atoms with van der Waals surface area (Å²) in [4.78, 5) is 24.4. The summed E-state index contributed by atoms with van der Waals surface area (Å²) in [6, 6.07) is 11.4. The average Bonchev–Trinajstić information content (AvgIpc) is 2.52. The van der Waals surface area contributed by atoms with Crippen LogP contribution in [0.4, 0.5) is 5.69 Å². The maximum atomic E-state index is 12.3. The Kier molecular flexibility index (Phi) is 6.37. The fourth-order valence-electron chi connectivity index (χ4n) is 2.66. The van der Waals surface area contributed by atoms with Crippen LogP contribution < -0.4 is 5.32 Å². The van der Waals surface area contributed by atoms with Gasteiger partial charge in [-0.2, -0.15) is 0 Å². The molecule has 0 unspecified atom stereocenters. The van der Waals surface area contributed by atoms with Gasteiger partial charge in [-0.05, 0) is 56.5 Å². The molecule has 25 heavy (non-hydrogen) atoms. The molecule has 1 atom stereocenters. The minimum Gasteiger partial charge on any atom is -0.452 e. The molecule has 2 aromatic rings. The molecule has 2 rings (SSSR count). The highest BCUT2D eigenvalue weighted by Crippen LogP contribution is 2.22. The average molecular weight is 404 g/mol. The molecular weight excluding hydrogens is 382 g/mol. The highest BCUT2D eigenvalue weighted by Gasteiger charge is 2.19. The van der Waals surface area contributed by atoms with Crippen LogP contribution in [0.25, 0.3) is 0 Å². The van der Waals surface area contributed by atoms with Crippen LogP contribution >= 0.6 is 15.9 Å². The van der Waals surface area contributed by atoms with E-state index in [2.05, 4.69) is 21.2 Å². The van der Waals surface area contributed by atoms with Gasteiger partial charge in [0.15, 0.2) is 6.10 Å². The van der Waals surface area contributed by atoms with E-state index in [9.17, 15) is 9.59 Å². The summed E-state index contributed by atoms with van der Waals surface area (Å²) in [5, 5.41) is 2.86. The van der Waals surface area contributed by atoms with Crippen molar-refractivity contribution in [3.63, 3.8) is 0 Å². The number of carbonyl (C=O) groups excluding carboxylic acids is 2. The summed E-state index contributed by atoms with van der Waals surface area (Å²) in [6.45, 7) is 7.48. The predicted molar refractivity (Wildman–Crippen MR) is 103 cm³/mol. The Hall–Kier alpha value is -2.14. The van der Waals surface area contributed by atoms with Crippen molar-refractivity contribution in [1.82, 2.24) is 0 Å². The van der Waals surface area contributed by atoms with Crippen molar-refractivity contribution in [3.05, 3.63) is 63.1 Å². The molecule has 0 aromatic heterocycles. The summed E-state index contributed by atoms with van der Waals surface area (Å²) in [5.41, 5.74) is 4.72. The van der Waals surface area contributed by atoms with Gasteiger partial charge in [-0.3, -0.25) is 9.59 Å². The number of anilines is 1. The highest BCUT2D eigenvalue weighted by atomic mass is 79.9. The van der Waals surface area contributed by atoms with Crippen molar-refractivity contribution >= 4 is 33.5 Å². The minimum absolute atomic E-state index is 0.132. The lowest BCUT2D eigenvalue weighted by atomic mass is 10.0. The van der Waals surface area contributed by atoms with Gasteiger partial charge in [0.1, 0.15) is 0 Å². The third-order valence-corrected chi connectivity index (χ3v) is 4.39. The first-order chi connectivity index (χ1) is 11.8. The van der Waals surface area contributed by atoms with Crippen LogP contribution in [-0.4, -0.2) is 18.0 Å². The van der Waals surface area contributed by atoms with Gasteiger partial charge in [-0.15, -0.1) is 0 Å². The van der Waals surface area contributed by atoms with Crippen LogP contribution in [0.15, 0.2) is 40.9 Å². The molecule has 4 nitrogen and oxygen atoms in total. The smallest absolute Gasteiger partial charge is 0.311 e. The van der Waals surface area contributed by atoms with Crippen molar-refractivity contribution < 1.29 is 14.3 Å². The van der Waals surface area contributed by atoms with E-state index in [-0.39, 0.29) is 12.3 Å². The summed E-state index contributed by atoms with van der Waals surface area (Å²) in [5.74, 6) is -0.762. The summed E-state index contributed by atoms with van der Waals surface area (Å²) in [7, 11) is 0. The number of amides is 1. The molecule has 0 fully saturated rings. The number of hydrogen-bond donors (Lipinski definition) is 1. The zero-order valence-corrected chi connectivity index (χ0v) is 16.4. The number of carbonyl (C=O) groups is 2. The van der Waals surface area contributed by atoms with Gasteiger partial charge in [-0.25, -0.2) is 0 Å². The molecule has 0 aliphatic heterocycles. The maximum Gasteiger partial charge on any atom is 0.311 e. The van der Waals surface area contributed by atoms with E-state index in [1.54, 1.807) is 6.92 Å². The van der Waals surface area contributed by atoms with Gasteiger partial charge in [0.25, 0.3) is 5.91 Å². The number of rotatable bonds is 5. The molecule has 0 saturated heterocycles. The van der Waals surface area contributed by atoms with E-state index in [1.165, 1.54) is 0 Å². The van der Waals surface area contributed by atoms with E-state index in [1.807, 2.05) is 57.2 Å². The maximum absolute atomic E-state index is 12.3. The summed E-state index contributed by atoms with van der Waals surface area (Å²) in [6.07, 6.45) is -0.726. The number of aryl methyl sites for hydroxylation is 3. The Labute approximate surface area is 156 Å². The Balaban J connectivity index is 1.96. The molecule has 0 spiro atoms. The number of halogens is 1. The number of nitrogens with one attached hydrogen (secondary N) is 1. The largest absolute Gasteiger partial charge is 0.452 e. The van der Waals surface area contributed by atoms with Crippen LogP contribution in [0.2, 0.25) is 0 Å². The van der Waals surface area contributed by atoms with Crippen molar-refractivity contribution in [2.75, 3.05) is 5.32 Å². The van der Waals surface area contributed by atoms with E-state index in [0.29, 0.717) is 0 Å². The van der Waals surface area contributed by atoms with Crippen molar-refractivity contribution in [2.24, 2.45) is 0 Å². The standard InChI is InChI=1S/C20H22BrNO3/c1-12-9-13(2)19(14(3)10-12)22-20(24)15(4)25-18(23)11-16-5-7-17(21)8-6-16/h5-10,15H,11H2,1-4H3,(H,22,24)/t15-/m0/s1. The second-order valence-electron chi connectivity index (χ2n) is 6.20. The van der Waals surface area contributed by atoms with Gasteiger partial charge in [0, 0.05) is 10.2 Å². The topological polar surface area (TPSA) is 55.4 Å². The lowest BCUT2D eigenvalue weighted by molar-refractivity contribution is -0.152. The molecule has 2 aromatic carbocycles. The number of hydrogen-bond acceptors (Lipinski definition) is 3. The van der Waals surface area contributed by atoms with Crippen LogP contribution in [0, 0.1) is 20.8 Å². The first kappa shape index (κ1) is 19.2. The zero-order chi connectivity index (χ0) is 18.6. The molecule has 0 heterocycles. The summed E-state index contributed by atoms with van der Waals surface area (Å²) >= 11 is 3.35. The zero-order valence-electron chi connectivity index (χ0n) is 14.9. The summed E-state index contributed by atoms with van der Waals surface area (Å²) < 4.78 is 6.20. The normalized spacial score (nSPS) is 11.7. The molecule has 1 N–H and O–H groups in total. The molecule has 0 aliphatic carbocycles. The second-order valence-corrected chi connectivity index (χ2v) is 7.11. The van der Waals surface area contributed by atoms with E-state index >= 15 is 0 Å². The van der Waals surface area contributed by atoms with Crippen LogP contribution in [0.3, 0.4) is 0 Å². The number of esters is 1. The first-order valence-corrected chi connectivity index (χ1v) is 8.88. The molecule has 0 bridgehead atoms. The monoisotopic (exact) mass is 403 g/mol. The Morgan fingerprint density at radius 3 is 2.20 bits per heavy atom. The third-order valence-electron chi connectivity index (χ3n) is 3.86. The molecule has 1 amide bonds. The van der Waals surface area contributed by atoms with Gasteiger partial charge < -0.3 is 10.1 Å². The Bertz CT molecular complexity index is 761. The van der Waals surface area contributed by atoms with Gasteiger partial charge >= 0.3 is 5.97 Å². The molecule has 0 aliphatic rings. The SMILES string of the molecule is Cc1cc(C)c(NC(=O)[C@H](C)OC(=O)Cc2ccc(Br)cc2)c(C)c1. The van der Waals surface area contributed by atoms with E-state index in [4.69, 9.17) is 4.74 Å². The highest BCUT2D eigenvalue weighted by molar-refractivity contribution is 9.10. The lowest BCUT2D eigenvalue weighted by Gasteiger charge is -2.17. The first-order valence-electron chi connectivity index (χ1n) is 8.09. The molecule has 5 heteroatoms. The van der Waals surface area contributed by atoms with Gasteiger partial charge in [-0.1, -0.05) is 45.8 Å². The van der Waals surface area contributed by atoms with Crippen molar-refractivity contribution in [3.8, 4) is 0 Å². The van der Waals surface area contributed by atoms with Crippen LogP contribution in [-0.2, 0) is 20.7 Å². The lowest BCUT2D eigenvalue weighted by Crippen LogP contribution is -2.31. The van der Waals surface area contributed by atoms with Crippen LogP contribution in [0.1, 0.15) is 29.2 Å². The van der Waals surface area contributed by atoms with E-state index in [0.717, 1.165) is 32.4 Å². The van der Waals surface area contributed by atoms with Gasteiger partial charge in [0.2, 0.25) is 0 Å². The van der Waals surface area contributed by atoms with E-state index < -0.39 is 12.1 Å². The van der Waals surface area contributed by atoms with Crippen molar-refractivity contribution in [1.29, 1.82) is 0 Å². The quantitative estimate of drug-likeness (QED) is 0.748. The molecule has 0 saturated carbocycles. The Morgan fingerprint density at radius 2 is 1.64 bits per heavy atom. The molecule has 132 valence electrons. The fraction of sp³-hybridized carbons (Fsp3) is 0.300. The predicted octanol–water partition coefficient (Wildman–Crippen LogP) is 4.49. The molecule has 0 radical (unpaired) electrons. The van der Waals surface area contributed by atoms with Crippen molar-refractivity contribution in [2.45, 2.75) is 40.2 Å². The molecular formula is C20H22BrNO3. The number of ether oxygens (including phenoxy) is 1. The van der Waals surface area contributed by atoms with Crippen LogP contribution in [0.5, 0.6) is 0 Å². The third kappa shape index (κ3) is 5.43. The minimum atomic E-state index is -0.858. The number of benzene rings is 2. The second kappa shape index (κ2) is 8.30. The fourth-order valence-corrected chi connectivity index (χ4v) is 2.93. The van der Waals surface area contributed by atoms with Gasteiger partial charge in [0.05, 0.1) is 6.42 Å². The Morgan fingerprint density at radius 1 is 1.08 bits per heavy atom.